The Morgan fingerprint density at radius 1 is 1.38 bits per heavy atom. The van der Waals surface area contributed by atoms with Gasteiger partial charge in [0.15, 0.2) is 0 Å². The molecule has 6 nitrogen and oxygen atoms in total. The summed E-state index contributed by atoms with van der Waals surface area (Å²) >= 11 is 6.12. The Bertz CT molecular complexity index is 649. The van der Waals surface area contributed by atoms with Crippen molar-refractivity contribution in [3.63, 3.8) is 0 Å². The van der Waals surface area contributed by atoms with Gasteiger partial charge in [0.2, 0.25) is 0 Å². The number of rotatable bonds is 7. The topological polar surface area (TPSA) is 64.7 Å². The molecule has 0 aromatic carbocycles. The average molecular weight is 310 g/mol. The summed E-state index contributed by atoms with van der Waals surface area (Å²) in [5, 5.41) is 11.6. The first-order chi connectivity index (χ1) is 10.1. The largest absolute Gasteiger partial charge is 0.382 e. The molecule has 0 amide bonds. The van der Waals surface area contributed by atoms with Crippen molar-refractivity contribution in [3.05, 3.63) is 39.5 Å². The van der Waals surface area contributed by atoms with Crippen molar-refractivity contribution >= 4 is 17.3 Å². The lowest BCUT2D eigenvalue weighted by atomic mass is 10.3. The zero-order valence-corrected chi connectivity index (χ0v) is 13.1. The van der Waals surface area contributed by atoms with Crippen LogP contribution in [0.4, 0.5) is 5.69 Å². The van der Waals surface area contributed by atoms with Crippen molar-refractivity contribution in [2.45, 2.75) is 32.7 Å². The lowest BCUT2D eigenvalue weighted by Gasteiger charge is -2.10. The summed E-state index contributed by atoms with van der Waals surface area (Å²) in [5.41, 5.74) is 1.45. The van der Waals surface area contributed by atoms with Crippen LogP contribution in [0.2, 0.25) is 5.02 Å². The van der Waals surface area contributed by atoms with Crippen LogP contribution >= 0.6 is 11.6 Å². The molecular weight excluding hydrogens is 290 g/mol. The molecule has 21 heavy (non-hydrogen) atoms. The zero-order chi connectivity index (χ0) is 15.2. The van der Waals surface area contributed by atoms with E-state index in [9.17, 15) is 4.79 Å². The maximum Gasteiger partial charge on any atom is 0.287 e. The number of hydrogen-bond donors (Lipinski definition) is 1. The summed E-state index contributed by atoms with van der Waals surface area (Å²) < 4.78 is 3.24. The number of nitrogens with one attached hydrogen (secondary N) is 1. The van der Waals surface area contributed by atoms with Gasteiger partial charge in [0, 0.05) is 38.4 Å². The Hall–Kier alpha value is -1.82. The van der Waals surface area contributed by atoms with Gasteiger partial charge in [-0.15, -0.1) is 0 Å². The average Bonchev–Trinajstić information content (AvgIpc) is 2.88. The van der Waals surface area contributed by atoms with E-state index >= 15 is 0 Å². The molecule has 1 N–H and O–H groups in total. The highest BCUT2D eigenvalue weighted by molar-refractivity contribution is 6.32. The fourth-order valence-corrected chi connectivity index (χ4v) is 2.24. The maximum atomic E-state index is 12.1. The third-order valence-electron chi connectivity index (χ3n) is 3.33. The lowest BCUT2D eigenvalue weighted by molar-refractivity contribution is 0.543. The van der Waals surface area contributed by atoms with Gasteiger partial charge in [-0.05, 0) is 12.5 Å². The number of nitrogens with zero attached hydrogens (tertiary/aromatic N) is 4. The van der Waals surface area contributed by atoms with Gasteiger partial charge in [0.05, 0.1) is 11.9 Å². The van der Waals surface area contributed by atoms with Gasteiger partial charge < -0.3 is 5.32 Å². The molecular formula is C14H20ClN5O. The van der Waals surface area contributed by atoms with Gasteiger partial charge in [-0.25, -0.2) is 4.68 Å². The third kappa shape index (κ3) is 3.85. The molecule has 2 aromatic rings. The maximum absolute atomic E-state index is 12.1. The van der Waals surface area contributed by atoms with E-state index in [1.165, 1.54) is 4.68 Å². The Labute approximate surface area is 128 Å². The van der Waals surface area contributed by atoms with Crippen LogP contribution in [0, 0.1) is 0 Å². The van der Waals surface area contributed by atoms with Crippen molar-refractivity contribution in [3.8, 4) is 0 Å². The predicted molar refractivity (Wildman–Crippen MR) is 83.8 cm³/mol. The van der Waals surface area contributed by atoms with Crippen molar-refractivity contribution in [2.24, 2.45) is 7.05 Å². The van der Waals surface area contributed by atoms with Crippen LogP contribution in [0.5, 0.6) is 0 Å². The quantitative estimate of drug-likeness (QED) is 0.850. The van der Waals surface area contributed by atoms with Gasteiger partial charge in [-0.3, -0.25) is 9.48 Å². The predicted octanol–water partition coefficient (Wildman–Crippen LogP) is 2.08. The number of aromatic nitrogens is 4. The first-order valence-electron chi connectivity index (χ1n) is 7.10. The van der Waals surface area contributed by atoms with E-state index in [0.717, 1.165) is 25.0 Å². The van der Waals surface area contributed by atoms with E-state index in [0.29, 0.717) is 18.8 Å². The van der Waals surface area contributed by atoms with Crippen molar-refractivity contribution in [1.82, 2.24) is 19.6 Å². The van der Waals surface area contributed by atoms with Gasteiger partial charge in [-0.1, -0.05) is 24.9 Å². The van der Waals surface area contributed by atoms with Crippen LogP contribution in [0.3, 0.4) is 0 Å². The zero-order valence-electron chi connectivity index (χ0n) is 12.3. The fraction of sp³-hybridized carbons (Fsp3) is 0.500. The lowest BCUT2D eigenvalue weighted by Crippen LogP contribution is -2.24. The minimum Gasteiger partial charge on any atom is -0.382 e. The fourth-order valence-electron chi connectivity index (χ4n) is 2.03. The molecule has 2 heterocycles. The van der Waals surface area contributed by atoms with E-state index in [1.807, 2.05) is 17.8 Å². The molecule has 0 fully saturated rings. The number of halogens is 1. The standard InChI is InChI=1S/C14H20ClN5O/c1-3-4-9-20-14(21)13(15)12(10-18-20)16-7-5-11-6-8-17-19(11)2/h6,8,10,16H,3-5,7,9H2,1-2H3. The summed E-state index contributed by atoms with van der Waals surface area (Å²) in [5.74, 6) is 0. The molecule has 0 atom stereocenters. The molecule has 0 saturated carbocycles. The summed E-state index contributed by atoms with van der Waals surface area (Å²) in [7, 11) is 1.90. The highest BCUT2D eigenvalue weighted by atomic mass is 35.5. The Balaban J connectivity index is 1.99. The molecule has 0 radical (unpaired) electrons. The van der Waals surface area contributed by atoms with Gasteiger partial charge in [-0.2, -0.15) is 10.2 Å². The van der Waals surface area contributed by atoms with E-state index < -0.39 is 0 Å². The Morgan fingerprint density at radius 3 is 2.86 bits per heavy atom. The Kier molecular flexibility index (Phi) is 5.38. The van der Waals surface area contributed by atoms with Crippen LogP contribution < -0.4 is 10.9 Å². The second kappa shape index (κ2) is 7.26. The first-order valence-corrected chi connectivity index (χ1v) is 7.47. The van der Waals surface area contributed by atoms with Crippen LogP contribution in [-0.4, -0.2) is 26.1 Å². The number of anilines is 1. The molecule has 114 valence electrons. The smallest absolute Gasteiger partial charge is 0.287 e. The molecule has 2 rings (SSSR count). The normalized spacial score (nSPS) is 10.8. The van der Waals surface area contributed by atoms with Crippen molar-refractivity contribution in [1.29, 1.82) is 0 Å². The van der Waals surface area contributed by atoms with Gasteiger partial charge in [0.1, 0.15) is 5.02 Å². The van der Waals surface area contributed by atoms with Crippen LogP contribution in [-0.2, 0) is 20.0 Å². The minimum atomic E-state index is -0.240. The van der Waals surface area contributed by atoms with Gasteiger partial charge >= 0.3 is 0 Å². The molecule has 2 aromatic heterocycles. The molecule has 0 saturated heterocycles. The molecule has 0 aliphatic rings. The van der Waals surface area contributed by atoms with Crippen LogP contribution in [0.1, 0.15) is 25.5 Å². The second-order valence-corrected chi connectivity index (χ2v) is 5.25. The minimum absolute atomic E-state index is 0.200. The summed E-state index contributed by atoms with van der Waals surface area (Å²) in [4.78, 5) is 12.1. The highest BCUT2D eigenvalue weighted by Gasteiger charge is 2.09. The summed E-state index contributed by atoms with van der Waals surface area (Å²) in [6.45, 7) is 3.34. The Morgan fingerprint density at radius 2 is 2.19 bits per heavy atom. The molecule has 0 aliphatic carbocycles. The van der Waals surface area contributed by atoms with E-state index in [2.05, 4.69) is 22.4 Å². The molecule has 0 spiro atoms. The van der Waals surface area contributed by atoms with Crippen molar-refractivity contribution in [2.75, 3.05) is 11.9 Å². The number of aryl methyl sites for hydroxylation is 2. The second-order valence-electron chi connectivity index (χ2n) is 4.88. The molecule has 7 heteroatoms. The number of hydrogen-bond acceptors (Lipinski definition) is 4. The molecule has 0 aliphatic heterocycles. The van der Waals surface area contributed by atoms with E-state index in [1.54, 1.807) is 12.4 Å². The molecule has 0 bridgehead atoms. The monoisotopic (exact) mass is 309 g/mol. The third-order valence-corrected chi connectivity index (χ3v) is 3.69. The molecule has 0 unspecified atom stereocenters. The number of unbranched alkanes of at least 4 members (excludes halogenated alkanes) is 1. The van der Waals surface area contributed by atoms with Crippen molar-refractivity contribution < 1.29 is 0 Å². The van der Waals surface area contributed by atoms with Gasteiger partial charge in [0.25, 0.3) is 5.56 Å². The first kappa shape index (κ1) is 15.6. The highest BCUT2D eigenvalue weighted by Crippen LogP contribution is 2.15. The SMILES string of the molecule is CCCCn1ncc(NCCc2ccnn2C)c(Cl)c1=O. The van der Waals surface area contributed by atoms with E-state index in [4.69, 9.17) is 11.6 Å². The van der Waals surface area contributed by atoms with Crippen LogP contribution in [0.25, 0.3) is 0 Å². The van der Waals surface area contributed by atoms with Crippen LogP contribution in [0.15, 0.2) is 23.3 Å². The van der Waals surface area contributed by atoms with E-state index in [-0.39, 0.29) is 10.6 Å². The summed E-state index contributed by atoms with van der Waals surface area (Å²) in [6, 6.07) is 1.96. The summed E-state index contributed by atoms with van der Waals surface area (Å²) in [6.07, 6.45) is 6.10.